The second-order valence-corrected chi connectivity index (χ2v) is 18.1. The molecule has 326 valence electrons. The number of rotatable bonds is 7. The van der Waals surface area contributed by atoms with Gasteiger partial charge in [0.25, 0.3) is 6.71 Å². The quantitative estimate of drug-likeness (QED) is 0.149. The normalized spacial score (nSPS) is 12.5. The van der Waals surface area contributed by atoms with Crippen molar-refractivity contribution in [2.24, 2.45) is 0 Å². The molecule has 10 aromatic carbocycles. The Morgan fingerprint density at radius 1 is 0.300 bits per heavy atom. The lowest BCUT2D eigenvalue weighted by Crippen LogP contribution is -2.61. The first-order valence-corrected chi connectivity index (χ1v) is 23.9. The highest BCUT2D eigenvalue weighted by molar-refractivity contribution is 7.00. The molecule has 6 heteroatoms. The number of fused-ring (bicyclic) bond motifs is 7. The number of anilines is 6. The molecule has 0 aliphatic carbocycles. The van der Waals surface area contributed by atoms with Gasteiger partial charge in [0.05, 0.1) is 22.4 Å². The third kappa shape index (κ3) is 6.41. The highest BCUT2D eigenvalue weighted by Crippen LogP contribution is 2.46. The molecular weight excluding hydrogens is 850 g/mol. The molecule has 14 rings (SSSR count). The fraction of sp³-hybridized carbons (Fsp3) is 0. The van der Waals surface area contributed by atoms with E-state index in [1.807, 2.05) is 12.1 Å². The maximum absolute atomic E-state index is 5.19. The average Bonchev–Trinajstić information content (AvgIpc) is 3.77. The molecule has 0 unspecified atom stereocenters. The number of para-hydroxylation sites is 5. The van der Waals surface area contributed by atoms with Crippen molar-refractivity contribution in [2.45, 2.75) is 0 Å². The lowest BCUT2D eigenvalue weighted by atomic mass is 9.33. The topological polar surface area (TPSA) is 37.2 Å². The number of hydrogen-bond donors (Lipinski definition) is 0. The second-order valence-electron chi connectivity index (χ2n) is 18.1. The molecule has 0 bridgehead atoms. The molecule has 5 nitrogen and oxygen atoms in total. The van der Waals surface area contributed by atoms with Gasteiger partial charge in [-0.15, -0.1) is 0 Å². The van der Waals surface area contributed by atoms with Crippen LogP contribution in [0, 0.1) is 0 Å². The Morgan fingerprint density at radius 3 is 1.39 bits per heavy atom. The summed E-state index contributed by atoms with van der Waals surface area (Å²) < 4.78 is 2.39. The largest absolute Gasteiger partial charge is 0.311 e. The monoisotopic (exact) mass is 891 g/mol. The van der Waals surface area contributed by atoms with E-state index in [0.717, 1.165) is 67.3 Å². The minimum atomic E-state index is 0.0544. The van der Waals surface area contributed by atoms with Crippen molar-refractivity contribution in [1.29, 1.82) is 0 Å². The lowest BCUT2D eigenvalue weighted by Gasteiger charge is -2.44. The van der Waals surface area contributed by atoms with Crippen molar-refractivity contribution in [2.75, 3.05) is 9.80 Å². The van der Waals surface area contributed by atoms with Gasteiger partial charge in [-0.1, -0.05) is 170 Å². The Hall–Kier alpha value is -9.26. The molecule has 12 aromatic rings. The molecule has 0 atom stereocenters. The molecule has 0 fully saturated rings. The van der Waals surface area contributed by atoms with E-state index in [2.05, 4.69) is 257 Å². The van der Waals surface area contributed by atoms with E-state index in [4.69, 9.17) is 9.97 Å². The Labute approximate surface area is 406 Å². The Balaban J connectivity index is 0.959. The molecular formula is C64H42BN5. The van der Waals surface area contributed by atoms with Crippen molar-refractivity contribution in [3.8, 4) is 50.7 Å². The molecule has 2 aromatic heterocycles. The zero-order chi connectivity index (χ0) is 46.1. The molecule has 0 saturated heterocycles. The van der Waals surface area contributed by atoms with Gasteiger partial charge < -0.3 is 14.4 Å². The zero-order valence-corrected chi connectivity index (χ0v) is 38.1. The van der Waals surface area contributed by atoms with Crippen molar-refractivity contribution < 1.29 is 0 Å². The van der Waals surface area contributed by atoms with E-state index in [1.165, 1.54) is 49.9 Å². The van der Waals surface area contributed by atoms with E-state index in [1.54, 1.807) is 0 Å². The van der Waals surface area contributed by atoms with Crippen LogP contribution in [0.4, 0.5) is 34.1 Å². The summed E-state index contributed by atoms with van der Waals surface area (Å²) in [5, 5.41) is 2.38. The first-order chi connectivity index (χ1) is 34.7. The van der Waals surface area contributed by atoms with Crippen LogP contribution in [0.15, 0.2) is 255 Å². The van der Waals surface area contributed by atoms with Crippen LogP contribution in [0.2, 0.25) is 0 Å². The van der Waals surface area contributed by atoms with Gasteiger partial charge in [-0.25, -0.2) is 9.97 Å². The van der Waals surface area contributed by atoms with Gasteiger partial charge >= 0.3 is 0 Å². The van der Waals surface area contributed by atoms with Crippen LogP contribution in [-0.4, -0.2) is 21.2 Å². The number of nitrogens with zero attached hydrogens (tertiary/aromatic N) is 5. The summed E-state index contributed by atoms with van der Waals surface area (Å²) in [6, 6.07) is 91.8. The molecule has 2 aliphatic heterocycles. The summed E-state index contributed by atoms with van der Waals surface area (Å²) in [5.74, 6) is 0.683. The third-order valence-corrected chi connectivity index (χ3v) is 14.1. The first-order valence-electron chi connectivity index (χ1n) is 23.9. The van der Waals surface area contributed by atoms with Gasteiger partial charge in [0.1, 0.15) is 0 Å². The summed E-state index contributed by atoms with van der Waals surface area (Å²) in [4.78, 5) is 15.3. The number of hydrogen-bond acceptors (Lipinski definition) is 4. The average molecular weight is 892 g/mol. The van der Waals surface area contributed by atoms with Gasteiger partial charge in [0, 0.05) is 67.3 Å². The Morgan fingerprint density at radius 2 is 0.786 bits per heavy atom. The molecule has 70 heavy (non-hydrogen) atoms. The van der Waals surface area contributed by atoms with Gasteiger partial charge in [-0.2, -0.15) is 0 Å². The predicted molar refractivity (Wildman–Crippen MR) is 292 cm³/mol. The Kier molecular flexibility index (Phi) is 9.24. The van der Waals surface area contributed by atoms with Gasteiger partial charge in [-0.3, -0.25) is 0 Å². The summed E-state index contributed by atoms with van der Waals surface area (Å²) in [6.07, 6.45) is 0. The maximum atomic E-state index is 5.19. The molecule has 4 heterocycles. The minimum Gasteiger partial charge on any atom is -0.311 e. The van der Waals surface area contributed by atoms with Crippen LogP contribution < -0.4 is 26.2 Å². The fourth-order valence-electron chi connectivity index (χ4n) is 11.1. The van der Waals surface area contributed by atoms with Gasteiger partial charge in [0.2, 0.25) is 0 Å². The summed E-state index contributed by atoms with van der Waals surface area (Å²) >= 11 is 0. The molecule has 0 radical (unpaired) electrons. The van der Waals surface area contributed by atoms with Crippen LogP contribution in [0.25, 0.3) is 72.5 Å². The van der Waals surface area contributed by atoms with E-state index in [-0.39, 0.29) is 6.71 Å². The number of benzene rings is 10. The minimum absolute atomic E-state index is 0.0544. The van der Waals surface area contributed by atoms with Crippen LogP contribution in [0.3, 0.4) is 0 Å². The van der Waals surface area contributed by atoms with Crippen molar-refractivity contribution in [3.05, 3.63) is 255 Å². The molecule has 0 saturated carbocycles. The molecule has 2 aliphatic rings. The maximum Gasteiger partial charge on any atom is 0.252 e. The molecule has 0 amide bonds. The van der Waals surface area contributed by atoms with Gasteiger partial charge in [-0.05, 0) is 112 Å². The molecule has 0 spiro atoms. The van der Waals surface area contributed by atoms with E-state index in [9.17, 15) is 0 Å². The first kappa shape index (κ1) is 39.9. The predicted octanol–water partition coefficient (Wildman–Crippen LogP) is 14.3. The zero-order valence-electron chi connectivity index (χ0n) is 38.1. The SMILES string of the molecule is c1ccc(-c2cc(-c3ccccc3)nc(-c3cccc(-n4c5ccccc5c5cc(-c6cc7c8c(c6)N(c6ccccc6)c6ccccc6B8c6ccccc6N7c6ccccc6)ccc54)c3)n2)cc1. The third-order valence-electron chi connectivity index (χ3n) is 14.1. The standard InChI is InChI=1S/C64H42BN5/c1-5-20-43(21-6-1)55-42-56(44-22-7-2-8-23-44)67-64(66-55)46-24-19-29-50(38-46)70-57-33-16-13-30-51(57)52-39-45(36-37-58(52)70)47-40-61-63-62(41-47)69(49-27-11-4-12-28-49)60-35-18-15-32-54(60)65(63)53-31-14-17-34-59(53)68(61)48-25-9-3-10-26-48/h1-42H. The van der Waals surface area contributed by atoms with Crippen LogP contribution in [0.1, 0.15) is 0 Å². The van der Waals surface area contributed by atoms with E-state index < -0.39 is 0 Å². The van der Waals surface area contributed by atoms with Crippen LogP contribution in [0.5, 0.6) is 0 Å². The Bertz CT molecular complexity index is 3800. The summed E-state index contributed by atoms with van der Waals surface area (Å²) in [7, 11) is 0. The van der Waals surface area contributed by atoms with Crippen molar-refractivity contribution in [3.63, 3.8) is 0 Å². The van der Waals surface area contributed by atoms with Crippen LogP contribution in [-0.2, 0) is 0 Å². The smallest absolute Gasteiger partial charge is 0.252 e. The fourth-order valence-corrected chi connectivity index (χ4v) is 11.1. The van der Waals surface area contributed by atoms with Crippen LogP contribution >= 0.6 is 0 Å². The van der Waals surface area contributed by atoms with Crippen molar-refractivity contribution >= 4 is 79.0 Å². The highest BCUT2D eigenvalue weighted by atomic mass is 15.2. The van der Waals surface area contributed by atoms with E-state index >= 15 is 0 Å². The lowest BCUT2D eigenvalue weighted by molar-refractivity contribution is 1.16. The summed E-state index contributed by atoms with van der Waals surface area (Å²) in [5.41, 5.74) is 21.4. The number of aromatic nitrogens is 3. The highest BCUT2D eigenvalue weighted by Gasteiger charge is 2.43. The van der Waals surface area contributed by atoms with Crippen molar-refractivity contribution in [1.82, 2.24) is 14.5 Å². The summed E-state index contributed by atoms with van der Waals surface area (Å²) in [6.45, 7) is 0.0544. The second kappa shape index (κ2) is 16.2. The molecule has 0 N–H and O–H groups in total. The van der Waals surface area contributed by atoms with Gasteiger partial charge in [0.15, 0.2) is 5.82 Å². The van der Waals surface area contributed by atoms with E-state index in [0.29, 0.717) is 5.82 Å².